The summed E-state index contributed by atoms with van der Waals surface area (Å²) in [4.78, 5) is 41.7. The third kappa shape index (κ3) is 6.04. The molecular formula is C22H31BrN4O3. The summed E-state index contributed by atoms with van der Waals surface area (Å²) in [7, 11) is 0. The number of benzene rings is 1. The molecule has 7 nitrogen and oxygen atoms in total. The van der Waals surface area contributed by atoms with E-state index in [1.165, 1.54) is 0 Å². The topological polar surface area (TPSA) is 81.8 Å². The highest BCUT2D eigenvalue weighted by Crippen LogP contribution is 2.27. The van der Waals surface area contributed by atoms with E-state index < -0.39 is 0 Å². The number of likely N-dealkylation sites (tertiary alicyclic amines) is 1. The van der Waals surface area contributed by atoms with Crippen LogP contribution in [0.5, 0.6) is 0 Å². The van der Waals surface area contributed by atoms with E-state index in [9.17, 15) is 14.4 Å². The van der Waals surface area contributed by atoms with E-state index in [4.69, 9.17) is 0 Å². The van der Waals surface area contributed by atoms with E-state index >= 15 is 0 Å². The molecule has 1 aromatic rings. The first-order chi connectivity index (χ1) is 14.3. The number of hydrogen-bond donors (Lipinski definition) is 2. The van der Waals surface area contributed by atoms with Gasteiger partial charge in [0.1, 0.15) is 0 Å². The molecule has 2 heterocycles. The quantitative estimate of drug-likeness (QED) is 0.681. The van der Waals surface area contributed by atoms with Gasteiger partial charge in [0.25, 0.3) is 5.91 Å². The van der Waals surface area contributed by atoms with Gasteiger partial charge in [-0.15, -0.1) is 0 Å². The molecule has 0 aliphatic carbocycles. The minimum Gasteiger partial charge on any atom is -0.340 e. The van der Waals surface area contributed by atoms with Crippen molar-refractivity contribution in [2.24, 2.45) is 11.8 Å². The van der Waals surface area contributed by atoms with E-state index in [1.807, 2.05) is 4.90 Å². The molecule has 2 unspecified atom stereocenters. The summed E-state index contributed by atoms with van der Waals surface area (Å²) in [5, 5.41) is 6.06. The Morgan fingerprint density at radius 2 is 1.73 bits per heavy atom. The number of piperidine rings is 1. The Morgan fingerprint density at radius 3 is 2.40 bits per heavy atom. The molecule has 2 fully saturated rings. The molecule has 30 heavy (non-hydrogen) atoms. The molecule has 3 amide bonds. The summed E-state index contributed by atoms with van der Waals surface area (Å²) in [6, 6.07) is 5.30. The predicted octanol–water partition coefficient (Wildman–Crippen LogP) is 2.72. The molecule has 0 saturated carbocycles. The summed E-state index contributed by atoms with van der Waals surface area (Å²) in [5.74, 6) is 0.588. The zero-order valence-electron chi connectivity index (χ0n) is 17.7. The third-order valence-electron chi connectivity index (χ3n) is 5.68. The van der Waals surface area contributed by atoms with Crippen LogP contribution in [0, 0.1) is 11.8 Å². The van der Waals surface area contributed by atoms with Crippen molar-refractivity contribution in [3.63, 3.8) is 0 Å². The van der Waals surface area contributed by atoms with Crippen molar-refractivity contribution in [3.8, 4) is 0 Å². The molecule has 8 heteroatoms. The zero-order valence-corrected chi connectivity index (χ0v) is 19.3. The molecule has 2 aliphatic rings. The fraction of sp³-hybridized carbons (Fsp3) is 0.591. The van der Waals surface area contributed by atoms with Crippen molar-refractivity contribution in [1.82, 2.24) is 15.1 Å². The summed E-state index contributed by atoms with van der Waals surface area (Å²) in [5.41, 5.74) is 0.973. The number of rotatable bonds is 5. The van der Waals surface area contributed by atoms with Crippen molar-refractivity contribution in [3.05, 3.63) is 28.2 Å². The maximum Gasteiger partial charge on any atom is 0.256 e. The van der Waals surface area contributed by atoms with Crippen LogP contribution in [0.4, 0.5) is 5.69 Å². The second-order valence-electron chi connectivity index (χ2n) is 8.53. The monoisotopic (exact) mass is 478 g/mol. The summed E-state index contributed by atoms with van der Waals surface area (Å²) < 4.78 is 0.788. The number of carbonyl (C=O) groups excluding carboxylic acids is 3. The Bertz CT molecular complexity index is 785. The minimum atomic E-state index is -0.254. The highest BCUT2D eigenvalue weighted by Gasteiger charge is 2.28. The summed E-state index contributed by atoms with van der Waals surface area (Å²) >= 11 is 3.43. The van der Waals surface area contributed by atoms with E-state index in [-0.39, 0.29) is 30.6 Å². The van der Waals surface area contributed by atoms with Gasteiger partial charge in [-0.3, -0.25) is 14.4 Å². The molecule has 0 bridgehead atoms. The number of amides is 3. The number of piperazine rings is 1. The molecule has 2 saturated heterocycles. The lowest BCUT2D eigenvalue weighted by Crippen LogP contribution is -2.46. The Labute approximate surface area is 186 Å². The molecule has 1 aromatic carbocycles. The largest absolute Gasteiger partial charge is 0.340 e. The Kier molecular flexibility index (Phi) is 7.88. The van der Waals surface area contributed by atoms with Crippen LogP contribution >= 0.6 is 15.9 Å². The van der Waals surface area contributed by atoms with Gasteiger partial charge in [-0.05, 0) is 36.5 Å². The van der Waals surface area contributed by atoms with Gasteiger partial charge in [0.15, 0.2) is 0 Å². The van der Waals surface area contributed by atoms with Crippen molar-refractivity contribution in [2.75, 3.05) is 44.6 Å². The maximum atomic E-state index is 13.2. The van der Waals surface area contributed by atoms with Crippen LogP contribution in [0.1, 0.15) is 43.5 Å². The first-order valence-corrected chi connectivity index (χ1v) is 11.5. The van der Waals surface area contributed by atoms with Gasteiger partial charge < -0.3 is 20.4 Å². The van der Waals surface area contributed by atoms with E-state index in [1.54, 1.807) is 23.1 Å². The molecule has 2 atom stereocenters. The van der Waals surface area contributed by atoms with Crippen molar-refractivity contribution in [1.29, 1.82) is 0 Å². The Morgan fingerprint density at radius 1 is 1.07 bits per heavy atom. The van der Waals surface area contributed by atoms with Gasteiger partial charge in [0.2, 0.25) is 11.8 Å². The lowest BCUT2D eigenvalue weighted by atomic mass is 9.91. The number of anilines is 1. The second-order valence-corrected chi connectivity index (χ2v) is 9.44. The number of carbonyl (C=O) groups is 3. The van der Waals surface area contributed by atoms with Crippen LogP contribution in [-0.4, -0.2) is 66.8 Å². The number of hydrogen-bond acceptors (Lipinski definition) is 4. The maximum absolute atomic E-state index is 13.2. The minimum absolute atomic E-state index is 0.00459. The van der Waals surface area contributed by atoms with E-state index in [2.05, 4.69) is 40.4 Å². The molecule has 2 N–H and O–H groups in total. The van der Waals surface area contributed by atoms with Crippen LogP contribution in [0.25, 0.3) is 0 Å². The fourth-order valence-electron chi connectivity index (χ4n) is 4.31. The average molecular weight is 479 g/mol. The van der Waals surface area contributed by atoms with Crippen LogP contribution in [0.3, 0.4) is 0 Å². The van der Waals surface area contributed by atoms with E-state index in [0.717, 1.165) is 37.1 Å². The van der Waals surface area contributed by atoms with E-state index in [0.29, 0.717) is 36.2 Å². The summed E-state index contributed by atoms with van der Waals surface area (Å²) in [6.45, 7) is 8.71. The highest BCUT2D eigenvalue weighted by molar-refractivity contribution is 9.10. The fourth-order valence-corrected chi connectivity index (χ4v) is 4.67. The van der Waals surface area contributed by atoms with Crippen LogP contribution < -0.4 is 10.6 Å². The van der Waals surface area contributed by atoms with Gasteiger partial charge in [-0.2, -0.15) is 0 Å². The normalized spacial score (nSPS) is 22.0. The number of halogens is 1. The molecule has 0 aromatic heterocycles. The average Bonchev–Trinajstić information content (AvgIpc) is 2.72. The summed E-state index contributed by atoms with van der Waals surface area (Å²) in [6.07, 6.45) is 1.39. The van der Waals surface area contributed by atoms with Gasteiger partial charge in [-0.1, -0.05) is 29.8 Å². The molecule has 0 radical (unpaired) electrons. The van der Waals surface area contributed by atoms with Gasteiger partial charge in [-0.25, -0.2) is 0 Å². The molecular weight excluding hydrogens is 448 g/mol. The predicted molar refractivity (Wildman–Crippen MR) is 120 cm³/mol. The van der Waals surface area contributed by atoms with Gasteiger partial charge in [0.05, 0.1) is 11.3 Å². The smallest absolute Gasteiger partial charge is 0.256 e. The van der Waals surface area contributed by atoms with Crippen molar-refractivity contribution >= 4 is 39.3 Å². The SMILES string of the molecule is CC1CC(C)CN(C(=O)c2cc(Br)ccc2NC(=O)CCC(=O)N2CCNCC2)C1. The van der Waals surface area contributed by atoms with Crippen molar-refractivity contribution < 1.29 is 14.4 Å². The first-order valence-electron chi connectivity index (χ1n) is 10.7. The zero-order chi connectivity index (χ0) is 21.7. The lowest BCUT2D eigenvalue weighted by Gasteiger charge is -2.35. The molecule has 164 valence electrons. The number of nitrogens with zero attached hydrogens (tertiary/aromatic N) is 2. The molecule has 0 spiro atoms. The Balaban J connectivity index is 1.63. The first kappa shape index (κ1) is 22.7. The highest BCUT2D eigenvalue weighted by atomic mass is 79.9. The molecule has 2 aliphatic heterocycles. The van der Waals surface area contributed by atoms with Gasteiger partial charge in [0, 0.05) is 56.6 Å². The van der Waals surface area contributed by atoms with Crippen LogP contribution in [0.2, 0.25) is 0 Å². The van der Waals surface area contributed by atoms with Crippen LogP contribution in [-0.2, 0) is 9.59 Å². The molecule has 3 rings (SSSR count). The standard InChI is InChI=1S/C22H31BrN4O3/c1-15-11-16(2)14-27(13-15)22(30)18-12-17(23)3-4-19(18)25-20(28)5-6-21(29)26-9-7-24-8-10-26/h3-4,12,15-16,24H,5-11,13-14H2,1-2H3,(H,25,28). The lowest BCUT2D eigenvalue weighted by molar-refractivity contribution is -0.133. The third-order valence-corrected chi connectivity index (χ3v) is 6.17. The Hall–Kier alpha value is -1.93. The van der Waals surface area contributed by atoms with Crippen molar-refractivity contribution in [2.45, 2.75) is 33.1 Å². The number of nitrogens with one attached hydrogen (secondary N) is 2. The second kappa shape index (κ2) is 10.4. The van der Waals surface area contributed by atoms with Gasteiger partial charge >= 0.3 is 0 Å². The van der Waals surface area contributed by atoms with Crippen LogP contribution in [0.15, 0.2) is 22.7 Å².